The molecule has 0 aliphatic rings. The van der Waals surface area contributed by atoms with Gasteiger partial charge in [-0.2, -0.15) is 0 Å². The molecule has 0 saturated carbocycles. The second-order valence-corrected chi connectivity index (χ2v) is 6.70. The minimum absolute atomic E-state index is 0.366. The average molecular weight is 332 g/mol. The summed E-state index contributed by atoms with van der Waals surface area (Å²) in [5.74, 6) is 0.807. The Kier molecular flexibility index (Phi) is 6.02. The van der Waals surface area contributed by atoms with Crippen LogP contribution in [-0.2, 0) is 4.74 Å². The van der Waals surface area contributed by atoms with Gasteiger partial charge in [-0.25, -0.2) is 4.79 Å². The zero-order valence-electron chi connectivity index (χ0n) is 10.8. The van der Waals surface area contributed by atoms with Crippen LogP contribution in [0.4, 0.5) is 4.79 Å². The number of alkyl carbamates (subject to hydrolysis) is 1. The molecule has 1 N–H and O–H groups in total. The Balaban J connectivity index is 2.23. The number of carbonyl (C=O) groups excluding carboxylic acids is 1. The summed E-state index contributed by atoms with van der Waals surface area (Å²) in [4.78, 5) is 12.6. The molecule has 18 heavy (non-hydrogen) atoms. The van der Waals surface area contributed by atoms with Crippen molar-refractivity contribution in [2.45, 2.75) is 31.3 Å². The summed E-state index contributed by atoms with van der Waals surface area (Å²) in [5.41, 5.74) is -0.445. The van der Waals surface area contributed by atoms with Crippen LogP contribution in [0.5, 0.6) is 0 Å². The molecule has 0 atom stereocenters. The van der Waals surface area contributed by atoms with Crippen molar-refractivity contribution in [2.24, 2.45) is 0 Å². The Morgan fingerprint density at radius 1 is 1.39 bits per heavy atom. The summed E-state index contributed by atoms with van der Waals surface area (Å²) in [5, 5.41) is 2.73. The Hall–Kier alpha value is -0.680. The van der Waals surface area contributed by atoms with Gasteiger partial charge >= 0.3 is 6.09 Å². The molecule has 1 aromatic rings. The van der Waals surface area contributed by atoms with Crippen LogP contribution in [-0.4, -0.2) is 24.0 Å². The van der Waals surface area contributed by atoms with E-state index in [0.717, 1.165) is 10.2 Å². The van der Waals surface area contributed by atoms with Crippen molar-refractivity contribution in [1.29, 1.82) is 0 Å². The topological polar surface area (TPSA) is 38.3 Å². The van der Waals surface area contributed by atoms with E-state index in [1.54, 1.807) is 11.8 Å². The van der Waals surface area contributed by atoms with Crippen LogP contribution in [0.1, 0.15) is 20.8 Å². The number of benzene rings is 1. The van der Waals surface area contributed by atoms with E-state index in [0.29, 0.717) is 6.54 Å². The molecular formula is C13H18BrNO2S. The number of hydrogen-bond donors (Lipinski definition) is 1. The quantitative estimate of drug-likeness (QED) is 0.667. The van der Waals surface area contributed by atoms with Crippen molar-refractivity contribution < 1.29 is 9.53 Å². The molecule has 1 aromatic carbocycles. The average Bonchev–Trinajstić information content (AvgIpc) is 2.24. The van der Waals surface area contributed by atoms with Crippen molar-refractivity contribution in [3.8, 4) is 0 Å². The molecule has 0 bridgehead atoms. The maximum atomic E-state index is 11.4. The number of thioether (sulfide) groups is 1. The van der Waals surface area contributed by atoms with Gasteiger partial charge in [0.15, 0.2) is 0 Å². The lowest BCUT2D eigenvalue weighted by Gasteiger charge is -2.19. The fourth-order valence-corrected chi connectivity index (χ4v) is 2.62. The number of ether oxygens (including phenoxy) is 1. The van der Waals surface area contributed by atoms with E-state index < -0.39 is 5.60 Å². The van der Waals surface area contributed by atoms with E-state index in [4.69, 9.17) is 4.74 Å². The van der Waals surface area contributed by atoms with Gasteiger partial charge in [-0.05, 0) is 48.8 Å². The highest BCUT2D eigenvalue weighted by Crippen LogP contribution is 2.26. The summed E-state index contributed by atoms with van der Waals surface area (Å²) in [6.07, 6.45) is -0.366. The van der Waals surface area contributed by atoms with Crippen LogP contribution in [0.15, 0.2) is 33.6 Å². The molecule has 100 valence electrons. The van der Waals surface area contributed by atoms with Gasteiger partial charge in [0.1, 0.15) is 5.60 Å². The third-order valence-electron chi connectivity index (χ3n) is 1.86. The lowest BCUT2D eigenvalue weighted by Crippen LogP contribution is -2.33. The highest BCUT2D eigenvalue weighted by Gasteiger charge is 2.15. The molecule has 0 aliphatic carbocycles. The maximum Gasteiger partial charge on any atom is 0.407 e. The lowest BCUT2D eigenvalue weighted by atomic mass is 10.2. The van der Waals surface area contributed by atoms with E-state index in [9.17, 15) is 4.79 Å². The van der Waals surface area contributed by atoms with Gasteiger partial charge in [-0.1, -0.05) is 12.1 Å². The molecule has 0 saturated heterocycles. The molecule has 0 radical (unpaired) electrons. The number of amides is 1. The van der Waals surface area contributed by atoms with Crippen LogP contribution < -0.4 is 5.32 Å². The Labute approximate surface area is 121 Å². The number of carbonyl (C=O) groups is 1. The fourth-order valence-electron chi connectivity index (χ4n) is 1.19. The molecule has 0 fully saturated rings. The first-order valence-electron chi connectivity index (χ1n) is 5.73. The molecule has 0 spiro atoms. The molecule has 1 rings (SSSR count). The molecular weight excluding hydrogens is 314 g/mol. The third kappa shape index (κ3) is 6.31. The largest absolute Gasteiger partial charge is 0.444 e. The highest BCUT2D eigenvalue weighted by atomic mass is 79.9. The van der Waals surface area contributed by atoms with Crippen LogP contribution in [0, 0.1) is 0 Å². The van der Waals surface area contributed by atoms with Gasteiger partial charge in [0.25, 0.3) is 0 Å². The predicted octanol–water partition coefficient (Wildman–Crippen LogP) is 4.07. The predicted molar refractivity (Wildman–Crippen MR) is 79.1 cm³/mol. The van der Waals surface area contributed by atoms with E-state index in [1.807, 2.05) is 45.0 Å². The number of halogens is 1. The van der Waals surface area contributed by atoms with Gasteiger partial charge in [-0.15, -0.1) is 11.8 Å². The molecule has 0 aromatic heterocycles. The van der Waals surface area contributed by atoms with Crippen LogP contribution in [0.25, 0.3) is 0 Å². The monoisotopic (exact) mass is 331 g/mol. The van der Waals surface area contributed by atoms with E-state index in [1.165, 1.54) is 4.90 Å². The number of hydrogen-bond acceptors (Lipinski definition) is 3. The standard InChI is InChI=1S/C13H18BrNO2S/c1-13(2,3)17-12(16)15-8-9-18-11-7-5-4-6-10(11)14/h4-7H,8-9H2,1-3H3,(H,15,16). The Bertz CT molecular complexity index is 404. The van der Waals surface area contributed by atoms with Crippen LogP contribution in [0.2, 0.25) is 0 Å². The summed E-state index contributed by atoms with van der Waals surface area (Å²) in [6, 6.07) is 8.02. The minimum Gasteiger partial charge on any atom is -0.444 e. The zero-order valence-corrected chi connectivity index (χ0v) is 13.2. The van der Waals surface area contributed by atoms with Crippen molar-refractivity contribution in [3.05, 3.63) is 28.7 Å². The highest BCUT2D eigenvalue weighted by molar-refractivity contribution is 9.10. The molecule has 5 heteroatoms. The van der Waals surface area contributed by atoms with Gasteiger partial charge in [-0.3, -0.25) is 0 Å². The molecule has 1 amide bonds. The SMILES string of the molecule is CC(C)(C)OC(=O)NCCSc1ccccc1Br. The van der Waals surface area contributed by atoms with Crippen molar-refractivity contribution in [2.75, 3.05) is 12.3 Å². The van der Waals surface area contributed by atoms with E-state index in [2.05, 4.69) is 21.2 Å². The maximum absolute atomic E-state index is 11.4. The fraction of sp³-hybridized carbons (Fsp3) is 0.462. The Morgan fingerprint density at radius 2 is 2.06 bits per heavy atom. The second kappa shape index (κ2) is 7.04. The van der Waals surface area contributed by atoms with E-state index in [-0.39, 0.29) is 6.09 Å². The molecule has 0 aliphatic heterocycles. The number of rotatable bonds is 4. The van der Waals surface area contributed by atoms with Gasteiger partial charge in [0.2, 0.25) is 0 Å². The zero-order chi connectivity index (χ0) is 13.6. The van der Waals surface area contributed by atoms with Crippen molar-refractivity contribution in [3.63, 3.8) is 0 Å². The lowest BCUT2D eigenvalue weighted by molar-refractivity contribution is 0.0531. The minimum atomic E-state index is -0.445. The van der Waals surface area contributed by atoms with Crippen LogP contribution >= 0.6 is 27.7 Å². The summed E-state index contributed by atoms with van der Waals surface area (Å²) >= 11 is 5.17. The van der Waals surface area contributed by atoms with Gasteiger partial charge in [0, 0.05) is 21.7 Å². The summed E-state index contributed by atoms with van der Waals surface area (Å²) < 4.78 is 6.22. The van der Waals surface area contributed by atoms with Crippen LogP contribution in [0.3, 0.4) is 0 Å². The second-order valence-electron chi connectivity index (χ2n) is 4.71. The Morgan fingerprint density at radius 3 is 2.67 bits per heavy atom. The number of nitrogens with one attached hydrogen (secondary N) is 1. The van der Waals surface area contributed by atoms with Gasteiger partial charge < -0.3 is 10.1 Å². The molecule has 3 nitrogen and oxygen atoms in total. The molecule has 0 heterocycles. The summed E-state index contributed by atoms with van der Waals surface area (Å²) in [6.45, 7) is 6.13. The molecule has 0 unspecified atom stereocenters. The summed E-state index contributed by atoms with van der Waals surface area (Å²) in [7, 11) is 0. The normalized spacial score (nSPS) is 11.1. The first-order valence-corrected chi connectivity index (χ1v) is 7.50. The third-order valence-corrected chi connectivity index (χ3v) is 3.89. The van der Waals surface area contributed by atoms with Crippen molar-refractivity contribution in [1.82, 2.24) is 5.32 Å². The smallest absolute Gasteiger partial charge is 0.407 e. The van der Waals surface area contributed by atoms with Gasteiger partial charge in [0.05, 0.1) is 0 Å². The first kappa shape index (κ1) is 15.4. The first-order chi connectivity index (χ1) is 8.38. The van der Waals surface area contributed by atoms with E-state index >= 15 is 0 Å². The van der Waals surface area contributed by atoms with Crippen molar-refractivity contribution >= 4 is 33.8 Å².